The van der Waals surface area contributed by atoms with Crippen LogP contribution in [0.25, 0.3) is 10.9 Å². The van der Waals surface area contributed by atoms with Crippen molar-refractivity contribution >= 4 is 41.7 Å². The van der Waals surface area contributed by atoms with Crippen LogP contribution in [0.15, 0.2) is 91.1 Å². The fraction of sp³-hybridized carbons (Fsp3) is 0.154. The van der Waals surface area contributed by atoms with Crippen LogP contribution in [0.4, 0.5) is 0 Å². The van der Waals surface area contributed by atoms with E-state index in [1.54, 1.807) is 12.3 Å². The van der Waals surface area contributed by atoms with E-state index < -0.39 is 5.97 Å². The van der Waals surface area contributed by atoms with Crippen LogP contribution < -0.4 is 10.5 Å². The molecule has 0 saturated heterocycles. The molecule has 0 saturated carbocycles. The van der Waals surface area contributed by atoms with E-state index in [0.717, 1.165) is 16.5 Å². The number of carbonyl (C=O) groups excluding carboxylic acids is 1. The molecule has 0 aliphatic carbocycles. The molecular formula is C26H26Cl2N2O3. The van der Waals surface area contributed by atoms with Gasteiger partial charge < -0.3 is 15.2 Å². The third-order valence-electron chi connectivity index (χ3n) is 4.95. The second-order valence-electron chi connectivity index (χ2n) is 7.34. The predicted molar refractivity (Wildman–Crippen MR) is 135 cm³/mol. The normalized spacial score (nSPS) is 11.1. The number of carbonyl (C=O) groups is 1. The average Bonchev–Trinajstić information content (AvgIpc) is 2.82. The van der Waals surface area contributed by atoms with Crippen molar-refractivity contribution in [3.05, 3.63) is 108 Å². The van der Waals surface area contributed by atoms with Gasteiger partial charge in [0.1, 0.15) is 24.5 Å². The smallest absolute Gasteiger partial charge is 0.344 e. The summed E-state index contributed by atoms with van der Waals surface area (Å²) in [6.45, 7) is 0.446. The van der Waals surface area contributed by atoms with Gasteiger partial charge in [-0.25, -0.2) is 4.79 Å². The highest BCUT2D eigenvalue weighted by atomic mass is 35.5. The molecule has 33 heavy (non-hydrogen) atoms. The number of esters is 1. The Morgan fingerprint density at radius 1 is 0.848 bits per heavy atom. The summed E-state index contributed by atoms with van der Waals surface area (Å²) in [5, 5.41) is 0.843. The maximum atomic E-state index is 13.0. The van der Waals surface area contributed by atoms with Gasteiger partial charge in [0.15, 0.2) is 0 Å². The summed E-state index contributed by atoms with van der Waals surface area (Å²) in [7, 11) is 0. The van der Waals surface area contributed by atoms with Gasteiger partial charge in [0, 0.05) is 17.6 Å². The van der Waals surface area contributed by atoms with Gasteiger partial charge in [0.2, 0.25) is 0 Å². The number of aromatic nitrogens is 1. The van der Waals surface area contributed by atoms with Crippen LogP contribution in [0.1, 0.15) is 21.5 Å². The molecule has 0 fully saturated rings. The van der Waals surface area contributed by atoms with Crippen molar-refractivity contribution in [1.29, 1.82) is 0 Å². The SMILES string of the molecule is Cl.Cl.N[C@@H](COc1ccc2cccnc2c1C(=O)OCc1ccccc1)Cc1ccccc1. The first-order valence-corrected chi connectivity index (χ1v) is 10.2. The highest BCUT2D eigenvalue weighted by Crippen LogP contribution is 2.28. The minimum atomic E-state index is -0.472. The van der Waals surface area contributed by atoms with Gasteiger partial charge in [-0.1, -0.05) is 66.7 Å². The molecule has 0 bridgehead atoms. The molecule has 0 unspecified atom stereocenters. The highest BCUT2D eigenvalue weighted by molar-refractivity contribution is 6.05. The summed E-state index contributed by atoms with van der Waals surface area (Å²) in [4.78, 5) is 17.4. The standard InChI is InChI=1S/C26H24N2O3.2ClH/c27-22(16-19-8-3-1-4-9-19)18-30-23-14-13-21-12-7-15-28-25(21)24(23)26(29)31-17-20-10-5-2-6-11-20;;/h1-15,22H,16-18,27H2;2*1H/t22-;;/m1../s1. The molecule has 4 rings (SSSR count). The van der Waals surface area contributed by atoms with Crippen LogP contribution in [-0.4, -0.2) is 23.6 Å². The molecule has 0 aliphatic rings. The highest BCUT2D eigenvalue weighted by Gasteiger charge is 2.20. The van der Waals surface area contributed by atoms with Crippen molar-refractivity contribution in [2.24, 2.45) is 5.73 Å². The topological polar surface area (TPSA) is 74.4 Å². The van der Waals surface area contributed by atoms with Crippen molar-refractivity contribution < 1.29 is 14.3 Å². The summed E-state index contributed by atoms with van der Waals surface area (Å²) in [6.07, 6.45) is 2.34. The lowest BCUT2D eigenvalue weighted by atomic mass is 10.1. The van der Waals surface area contributed by atoms with E-state index in [1.165, 1.54) is 0 Å². The second kappa shape index (κ2) is 12.8. The first-order valence-electron chi connectivity index (χ1n) is 10.2. The molecule has 172 valence electrons. The Labute approximate surface area is 205 Å². The van der Waals surface area contributed by atoms with Gasteiger partial charge >= 0.3 is 5.97 Å². The number of hydrogen-bond acceptors (Lipinski definition) is 5. The van der Waals surface area contributed by atoms with Crippen molar-refractivity contribution in [3.8, 4) is 5.75 Å². The molecule has 4 aromatic rings. The maximum absolute atomic E-state index is 13.0. The van der Waals surface area contributed by atoms with E-state index >= 15 is 0 Å². The van der Waals surface area contributed by atoms with E-state index in [0.29, 0.717) is 23.3 Å². The molecule has 0 amide bonds. The molecule has 1 aromatic heterocycles. The maximum Gasteiger partial charge on any atom is 0.344 e. The zero-order valence-corrected chi connectivity index (χ0v) is 19.6. The Morgan fingerprint density at radius 3 is 2.21 bits per heavy atom. The Bertz CT molecular complexity index is 1160. The lowest BCUT2D eigenvalue weighted by Crippen LogP contribution is -2.30. The van der Waals surface area contributed by atoms with Crippen LogP contribution >= 0.6 is 24.8 Å². The Morgan fingerprint density at radius 2 is 1.52 bits per heavy atom. The van der Waals surface area contributed by atoms with Crippen molar-refractivity contribution in [1.82, 2.24) is 4.98 Å². The molecule has 1 atom stereocenters. The number of nitrogens with two attached hydrogens (primary N) is 1. The van der Waals surface area contributed by atoms with E-state index in [1.807, 2.05) is 78.9 Å². The summed E-state index contributed by atoms with van der Waals surface area (Å²) in [5.41, 5.74) is 9.19. The quantitative estimate of drug-likeness (QED) is 0.339. The summed E-state index contributed by atoms with van der Waals surface area (Å²) in [6, 6.07) is 26.8. The van der Waals surface area contributed by atoms with Crippen LogP contribution in [0.3, 0.4) is 0 Å². The number of nitrogens with zero attached hydrogens (tertiary/aromatic N) is 1. The van der Waals surface area contributed by atoms with Crippen molar-refractivity contribution in [3.63, 3.8) is 0 Å². The summed E-state index contributed by atoms with van der Waals surface area (Å²) in [5.74, 6) is -0.0486. The van der Waals surface area contributed by atoms with Crippen molar-refractivity contribution in [2.45, 2.75) is 19.1 Å². The fourth-order valence-corrected chi connectivity index (χ4v) is 3.41. The summed E-state index contributed by atoms with van der Waals surface area (Å²) >= 11 is 0. The third kappa shape index (κ3) is 6.93. The van der Waals surface area contributed by atoms with E-state index in [2.05, 4.69) is 4.98 Å². The van der Waals surface area contributed by atoms with Gasteiger partial charge in [0.05, 0.1) is 5.52 Å². The molecule has 5 nitrogen and oxygen atoms in total. The number of fused-ring (bicyclic) bond motifs is 1. The largest absolute Gasteiger partial charge is 0.491 e. The Hall–Kier alpha value is -3.12. The Balaban J connectivity index is 0.00000193. The molecule has 0 radical (unpaired) electrons. The van der Waals surface area contributed by atoms with Gasteiger partial charge in [-0.15, -0.1) is 24.8 Å². The number of pyridine rings is 1. The van der Waals surface area contributed by atoms with Crippen LogP contribution in [0.5, 0.6) is 5.75 Å². The lowest BCUT2D eigenvalue weighted by Gasteiger charge is -2.16. The van der Waals surface area contributed by atoms with E-state index in [9.17, 15) is 4.79 Å². The zero-order chi connectivity index (χ0) is 21.5. The number of benzene rings is 3. The van der Waals surface area contributed by atoms with Gasteiger partial charge in [0.25, 0.3) is 0 Å². The second-order valence-corrected chi connectivity index (χ2v) is 7.34. The van der Waals surface area contributed by atoms with Gasteiger partial charge in [-0.3, -0.25) is 4.98 Å². The molecule has 1 heterocycles. The van der Waals surface area contributed by atoms with Crippen LogP contribution in [0, 0.1) is 0 Å². The van der Waals surface area contributed by atoms with Crippen LogP contribution in [-0.2, 0) is 17.8 Å². The fourth-order valence-electron chi connectivity index (χ4n) is 3.41. The lowest BCUT2D eigenvalue weighted by molar-refractivity contribution is 0.0470. The monoisotopic (exact) mass is 484 g/mol. The number of ether oxygens (including phenoxy) is 2. The minimum absolute atomic E-state index is 0. The molecular weight excluding hydrogens is 459 g/mol. The first kappa shape index (κ1) is 26.1. The average molecular weight is 485 g/mol. The van der Waals surface area contributed by atoms with Gasteiger partial charge in [-0.2, -0.15) is 0 Å². The van der Waals surface area contributed by atoms with Gasteiger partial charge in [-0.05, 0) is 35.7 Å². The number of halogens is 2. The van der Waals surface area contributed by atoms with E-state index in [-0.39, 0.29) is 44.1 Å². The molecule has 0 aliphatic heterocycles. The van der Waals surface area contributed by atoms with Crippen LogP contribution in [0.2, 0.25) is 0 Å². The number of rotatable bonds is 8. The Kier molecular flexibility index (Phi) is 10.1. The number of hydrogen-bond donors (Lipinski definition) is 1. The molecule has 0 spiro atoms. The molecule has 7 heteroatoms. The predicted octanol–water partition coefficient (Wildman–Crippen LogP) is 5.38. The van der Waals surface area contributed by atoms with Crippen molar-refractivity contribution in [2.75, 3.05) is 6.61 Å². The first-order chi connectivity index (χ1) is 15.2. The summed E-state index contributed by atoms with van der Waals surface area (Å²) < 4.78 is 11.6. The van der Waals surface area contributed by atoms with E-state index in [4.69, 9.17) is 15.2 Å². The molecule has 3 aromatic carbocycles. The zero-order valence-electron chi connectivity index (χ0n) is 17.9. The third-order valence-corrected chi connectivity index (χ3v) is 4.95. The minimum Gasteiger partial charge on any atom is -0.491 e. The molecule has 2 N–H and O–H groups in total.